The molecule has 6 nitrogen and oxygen atoms in total. The van der Waals surface area contributed by atoms with Crippen molar-refractivity contribution >= 4 is 23.5 Å². The van der Waals surface area contributed by atoms with Crippen LogP contribution in [0.3, 0.4) is 0 Å². The molecular weight excluding hydrogens is 320 g/mol. The molecule has 1 fully saturated rings. The van der Waals surface area contributed by atoms with Crippen molar-refractivity contribution < 1.29 is 19.5 Å². The largest absolute Gasteiger partial charge is 0.481 e. The monoisotopic (exact) mass is 342 g/mol. The van der Waals surface area contributed by atoms with Crippen LogP contribution in [0.15, 0.2) is 36.4 Å². The van der Waals surface area contributed by atoms with E-state index in [0.29, 0.717) is 17.8 Å². The fraction of sp³-hybridized carbons (Fsp3) is 0.421. The summed E-state index contributed by atoms with van der Waals surface area (Å²) in [6, 6.07) is 6.63. The van der Waals surface area contributed by atoms with E-state index in [4.69, 9.17) is 0 Å². The van der Waals surface area contributed by atoms with Crippen LogP contribution in [0.4, 0.5) is 5.69 Å². The fourth-order valence-corrected chi connectivity index (χ4v) is 3.79. The highest BCUT2D eigenvalue weighted by molar-refractivity contribution is 5.98. The number of aliphatic carboxylic acids is 1. The molecule has 6 heteroatoms. The maximum absolute atomic E-state index is 12.6. The summed E-state index contributed by atoms with van der Waals surface area (Å²) in [5.74, 6) is -2.60. The first kappa shape index (κ1) is 17.2. The third-order valence-electron chi connectivity index (χ3n) is 5.00. The van der Waals surface area contributed by atoms with Crippen LogP contribution in [-0.4, -0.2) is 29.4 Å². The molecule has 132 valence electrons. The van der Waals surface area contributed by atoms with E-state index in [2.05, 4.69) is 10.6 Å². The van der Waals surface area contributed by atoms with Gasteiger partial charge in [-0.15, -0.1) is 0 Å². The average molecular weight is 342 g/mol. The molecule has 0 saturated heterocycles. The van der Waals surface area contributed by atoms with Gasteiger partial charge in [-0.25, -0.2) is 0 Å². The Morgan fingerprint density at radius 1 is 1.08 bits per heavy atom. The lowest BCUT2D eigenvalue weighted by Gasteiger charge is -2.23. The molecule has 4 atom stereocenters. The number of hydrogen-bond donors (Lipinski definition) is 3. The summed E-state index contributed by atoms with van der Waals surface area (Å²) < 4.78 is 0. The van der Waals surface area contributed by atoms with Gasteiger partial charge in [0.1, 0.15) is 0 Å². The van der Waals surface area contributed by atoms with Crippen LogP contribution >= 0.6 is 0 Å². The number of nitrogens with one attached hydrogen (secondary N) is 2. The quantitative estimate of drug-likeness (QED) is 0.691. The van der Waals surface area contributed by atoms with Gasteiger partial charge in [-0.05, 0) is 48.9 Å². The van der Waals surface area contributed by atoms with Gasteiger partial charge < -0.3 is 15.7 Å². The van der Waals surface area contributed by atoms with Crippen LogP contribution in [-0.2, 0) is 9.59 Å². The zero-order valence-electron chi connectivity index (χ0n) is 14.1. The Bertz CT molecular complexity index is 711. The number of carbonyl (C=O) groups is 3. The maximum atomic E-state index is 12.6. The van der Waals surface area contributed by atoms with Crippen molar-refractivity contribution in [2.24, 2.45) is 23.7 Å². The lowest BCUT2D eigenvalue weighted by atomic mass is 9.82. The molecule has 0 spiro atoms. The highest BCUT2D eigenvalue weighted by Gasteiger charge is 2.51. The molecule has 0 aliphatic heterocycles. The normalized spacial score (nSPS) is 26.4. The zero-order valence-corrected chi connectivity index (χ0v) is 14.1. The second-order valence-corrected chi connectivity index (χ2v) is 6.66. The summed E-state index contributed by atoms with van der Waals surface area (Å²) in [6.45, 7) is 2.60. The number of carboxylic acids is 1. The van der Waals surface area contributed by atoms with Crippen molar-refractivity contribution in [1.82, 2.24) is 5.32 Å². The third kappa shape index (κ3) is 3.43. The number of benzene rings is 1. The summed E-state index contributed by atoms with van der Waals surface area (Å²) in [4.78, 5) is 36.0. The lowest BCUT2D eigenvalue weighted by Crippen LogP contribution is -2.36. The van der Waals surface area contributed by atoms with E-state index in [1.165, 1.54) is 0 Å². The van der Waals surface area contributed by atoms with Gasteiger partial charge in [-0.1, -0.05) is 19.1 Å². The molecule has 2 amide bonds. The topological polar surface area (TPSA) is 95.5 Å². The molecule has 1 aromatic rings. The Hall–Kier alpha value is -2.63. The minimum absolute atomic E-state index is 0.00908. The van der Waals surface area contributed by atoms with Crippen LogP contribution in [0, 0.1) is 23.7 Å². The average Bonchev–Trinajstić information content (AvgIpc) is 3.21. The van der Waals surface area contributed by atoms with Crippen LogP contribution in [0.2, 0.25) is 0 Å². The summed E-state index contributed by atoms with van der Waals surface area (Å²) >= 11 is 0. The van der Waals surface area contributed by atoms with Gasteiger partial charge in [0, 0.05) is 17.8 Å². The van der Waals surface area contributed by atoms with Crippen molar-refractivity contribution in [2.45, 2.75) is 19.8 Å². The predicted molar refractivity (Wildman–Crippen MR) is 93.0 cm³/mol. The molecule has 0 aromatic heterocycles. The molecule has 4 unspecified atom stereocenters. The molecule has 3 N–H and O–H groups in total. The van der Waals surface area contributed by atoms with E-state index in [1.54, 1.807) is 24.3 Å². The maximum Gasteiger partial charge on any atom is 0.307 e. The van der Waals surface area contributed by atoms with E-state index >= 15 is 0 Å². The zero-order chi connectivity index (χ0) is 18.0. The molecule has 1 saturated carbocycles. The molecule has 0 heterocycles. The number of amides is 2. The predicted octanol–water partition coefficient (Wildman–Crippen LogP) is 2.29. The Kier molecular flexibility index (Phi) is 4.88. The van der Waals surface area contributed by atoms with Gasteiger partial charge in [0.15, 0.2) is 0 Å². The first-order valence-electron chi connectivity index (χ1n) is 8.61. The Labute approximate surface area is 146 Å². The summed E-state index contributed by atoms with van der Waals surface area (Å²) in [5, 5.41) is 15.0. The van der Waals surface area contributed by atoms with Gasteiger partial charge in [-0.3, -0.25) is 14.4 Å². The number of hydrogen-bond acceptors (Lipinski definition) is 3. The second kappa shape index (κ2) is 7.09. The summed E-state index contributed by atoms with van der Waals surface area (Å²) in [5.41, 5.74) is 1.09. The number of carbonyl (C=O) groups excluding carboxylic acids is 2. The minimum Gasteiger partial charge on any atom is -0.481 e. The van der Waals surface area contributed by atoms with Crippen molar-refractivity contribution in [3.05, 3.63) is 42.0 Å². The van der Waals surface area contributed by atoms with E-state index in [1.807, 2.05) is 19.1 Å². The van der Waals surface area contributed by atoms with Crippen molar-refractivity contribution in [2.75, 3.05) is 11.9 Å². The molecule has 25 heavy (non-hydrogen) atoms. The van der Waals surface area contributed by atoms with E-state index in [-0.39, 0.29) is 23.7 Å². The summed E-state index contributed by atoms with van der Waals surface area (Å²) in [7, 11) is 0. The van der Waals surface area contributed by atoms with Gasteiger partial charge in [0.2, 0.25) is 5.91 Å². The van der Waals surface area contributed by atoms with Crippen LogP contribution in [0.5, 0.6) is 0 Å². The minimum atomic E-state index is -0.917. The van der Waals surface area contributed by atoms with Crippen LogP contribution < -0.4 is 10.6 Å². The first-order valence-corrected chi connectivity index (χ1v) is 8.61. The molecule has 0 radical (unpaired) electrons. The SMILES string of the molecule is CCCNC(=O)c1ccc(NC(=O)C2C3C=CC(C3)C2C(=O)O)cc1. The highest BCUT2D eigenvalue weighted by Crippen LogP contribution is 2.48. The van der Waals surface area contributed by atoms with Gasteiger partial charge in [0.25, 0.3) is 5.91 Å². The number of allylic oxidation sites excluding steroid dienone is 2. The lowest BCUT2D eigenvalue weighted by molar-refractivity contribution is -0.146. The van der Waals surface area contributed by atoms with E-state index in [9.17, 15) is 19.5 Å². The molecule has 2 aliphatic carbocycles. The van der Waals surface area contributed by atoms with Gasteiger partial charge in [0.05, 0.1) is 11.8 Å². The van der Waals surface area contributed by atoms with Gasteiger partial charge in [-0.2, -0.15) is 0 Å². The van der Waals surface area contributed by atoms with Crippen molar-refractivity contribution in [3.8, 4) is 0 Å². The highest BCUT2D eigenvalue weighted by atomic mass is 16.4. The van der Waals surface area contributed by atoms with Crippen molar-refractivity contribution in [1.29, 1.82) is 0 Å². The third-order valence-corrected chi connectivity index (χ3v) is 5.00. The standard InChI is InChI=1S/C19H22N2O4/c1-2-9-20-17(22)11-5-7-14(8-6-11)21-18(23)15-12-3-4-13(10-12)16(15)19(24)25/h3-8,12-13,15-16H,2,9-10H2,1H3,(H,20,22)(H,21,23)(H,24,25). The van der Waals surface area contributed by atoms with Crippen LogP contribution in [0.1, 0.15) is 30.1 Å². The molecule has 3 rings (SSSR count). The summed E-state index contributed by atoms with van der Waals surface area (Å²) in [6.07, 6.45) is 5.46. The van der Waals surface area contributed by atoms with Crippen LogP contribution in [0.25, 0.3) is 0 Å². The Balaban J connectivity index is 1.66. The molecular formula is C19H22N2O4. The fourth-order valence-electron chi connectivity index (χ4n) is 3.79. The number of anilines is 1. The molecule has 2 aliphatic rings. The first-order chi connectivity index (χ1) is 12.0. The Morgan fingerprint density at radius 2 is 1.72 bits per heavy atom. The van der Waals surface area contributed by atoms with Gasteiger partial charge >= 0.3 is 5.97 Å². The van der Waals surface area contributed by atoms with Crippen molar-refractivity contribution in [3.63, 3.8) is 0 Å². The Morgan fingerprint density at radius 3 is 2.32 bits per heavy atom. The van der Waals surface area contributed by atoms with E-state index < -0.39 is 17.8 Å². The second-order valence-electron chi connectivity index (χ2n) is 6.66. The molecule has 1 aromatic carbocycles. The number of fused-ring (bicyclic) bond motifs is 2. The van der Waals surface area contributed by atoms with E-state index in [0.717, 1.165) is 12.8 Å². The molecule has 2 bridgehead atoms. The smallest absolute Gasteiger partial charge is 0.307 e. The number of rotatable bonds is 6. The number of carboxylic acid groups (broad SMARTS) is 1.